The van der Waals surface area contributed by atoms with Gasteiger partial charge in [0.1, 0.15) is 0 Å². The summed E-state index contributed by atoms with van der Waals surface area (Å²) in [6, 6.07) is 16.6. The summed E-state index contributed by atoms with van der Waals surface area (Å²) >= 11 is 6.21. The van der Waals surface area contributed by atoms with Crippen molar-refractivity contribution < 1.29 is 8.42 Å². The summed E-state index contributed by atoms with van der Waals surface area (Å²) in [5.74, 6) is 0. The molecule has 0 spiro atoms. The number of sulfonamides is 1. The zero-order valence-electron chi connectivity index (χ0n) is 16.3. The van der Waals surface area contributed by atoms with E-state index >= 15 is 0 Å². The van der Waals surface area contributed by atoms with Gasteiger partial charge in [-0.05, 0) is 49.7 Å². The van der Waals surface area contributed by atoms with Crippen LogP contribution in [0.4, 0.5) is 11.4 Å². The zero-order chi connectivity index (χ0) is 20.4. The second kappa shape index (κ2) is 8.22. The molecule has 0 aliphatic carbocycles. The minimum absolute atomic E-state index is 0.252. The summed E-state index contributed by atoms with van der Waals surface area (Å²) in [4.78, 5) is 2.58. The van der Waals surface area contributed by atoms with E-state index in [1.165, 1.54) is 0 Å². The lowest BCUT2D eigenvalue weighted by molar-refractivity contribution is 0.602. The number of fused-ring (bicyclic) bond motifs is 1. The Morgan fingerprint density at radius 1 is 1.00 bits per heavy atom. The van der Waals surface area contributed by atoms with Crippen LogP contribution in [0.1, 0.15) is 12.0 Å². The third kappa shape index (κ3) is 4.20. The molecule has 7 heteroatoms. The van der Waals surface area contributed by atoms with Crippen LogP contribution >= 0.6 is 11.6 Å². The van der Waals surface area contributed by atoms with Crippen LogP contribution in [-0.4, -0.2) is 34.6 Å². The van der Waals surface area contributed by atoms with Gasteiger partial charge in [-0.1, -0.05) is 41.9 Å². The van der Waals surface area contributed by atoms with E-state index in [0.29, 0.717) is 16.1 Å². The molecule has 0 atom stereocenters. The Kier molecular flexibility index (Phi) is 5.67. The number of nitrogens with one attached hydrogen (secondary N) is 2. The smallest absolute Gasteiger partial charge is 0.262 e. The van der Waals surface area contributed by atoms with Crippen LogP contribution in [0.25, 0.3) is 10.8 Å². The van der Waals surface area contributed by atoms with Crippen molar-refractivity contribution in [3.05, 3.63) is 65.2 Å². The molecule has 1 aliphatic heterocycles. The minimum atomic E-state index is -3.80. The molecule has 1 fully saturated rings. The second-order valence-electron chi connectivity index (χ2n) is 7.31. The van der Waals surface area contributed by atoms with Gasteiger partial charge >= 0.3 is 0 Å². The molecule has 0 aromatic heterocycles. The Morgan fingerprint density at radius 3 is 2.62 bits per heavy atom. The number of benzene rings is 3. The molecular formula is C22H24ClN3O2S. The van der Waals surface area contributed by atoms with Gasteiger partial charge in [0.25, 0.3) is 10.0 Å². The van der Waals surface area contributed by atoms with Crippen molar-refractivity contribution >= 4 is 43.8 Å². The molecule has 5 nitrogen and oxygen atoms in total. The lowest BCUT2D eigenvalue weighted by Crippen LogP contribution is -2.28. The van der Waals surface area contributed by atoms with Gasteiger partial charge in [-0.15, -0.1) is 0 Å². The third-order valence-corrected chi connectivity index (χ3v) is 6.95. The maximum atomic E-state index is 13.2. The van der Waals surface area contributed by atoms with Crippen LogP contribution in [0.2, 0.25) is 5.02 Å². The van der Waals surface area contributed by atoms with Gasteiger partial charge in [-0.25, -0.2) is 8.42 Å². The first-order valence-electron chi connectivity index (χ1n) is 9.72. The van der Waals surface area contributed by atoms with Crippen molar-refractivity contribution in [2.75, 3.05) is 35.8 Å². The van der Waals surface area contributed by atoms with E-state index in [9.17, 15) is 8.42 Å². The molecule has 0 bridgehead atoms. The molecule has 1 saturated heterocycles. The molecule has 4 rings (SSSR count). The van der Waals surface area contributed by atoms with Crippen LogP contribution in [0.3, 0.4) is 0 Å². The molecule has 3 aromatic rings. The first-order chi connectivity index (χ1) is 14.0. The van der Waals surface area contributed by atoms with Crippen molar-refractivity contribution in [2.24, 2.45) is 0 Å². The van der Waals surface area contributed by atoms with Crippen LogP contribution < -0.4 is 14.9 Å². The van der Waals surface area contributed by atoms with E-state index in [0.717, 1.165) is 49.2 Å². The maximum Gasteiger partial charge on any atom is 0.262 e. The highest BCUT2D eigenvalue weighted by atomic mass is 35.5. The Balaban J connectivity index is 1.78. The summed E-state index contributed by atoms with van der Waals surface area (Å²) < 4.78 is 29.1. The molecule has 1 heterocycles. The average molecular weight is 430 g/mol. The Hall–Kier alpha value is -2.28. The largest absolute Gasteiger partial charge is 0.370 e. The quantitative estimate of drug-likeness (QED) is 0.645. The fourth-order valence-electron chi connectivity index (χ4n) is 3.77. The standard InChI is InChI=1S/C22H24ClN3O2S/c1-16-7-8-19(23)20(15-16)25-29(27,28)22-10-9-21(17-5-2-3-6-18(17)22)26-13-4-11-24-12-14-26/h2-3,5-10,15,24-25H,4,11-14H2,1H3. The monoisotopic (exact) mass is 429 g/mol. The van der Waals surface area contributed by atoms with Gasteiger partial charge in [0.15, 0.2) is 0 Å². The number of nitrogens with zero attached hydrogens (tertiary/aromatic N) is 1. The van der Waals surface area contributed by atoms with E-state index < -0.39 is 10.0 Å². The molecule has 0 saturated carbocycles. The van der Waals surface area contributed by atoms with Crippen molar-refractivity contribution in [1.82, 2.24) is 5.32 Å². The van der Waals surface area contributed by atoms with Crippen LogP contribution in [0.5, 0.6) is 0 Å². The predicted octanol–water partition coefficient (Wildman–Crippen LogP) is 4.40. The SMILES string of the molecule is Cc1ccc(Cl)c(NS(=O)(=O)c2ccc(N3CCCNCC3)c3ccccc23)c1. The van der Waals surface area contributed by atoms with E-state index in [-0.39, 0.29) is 4.90 Å². The van der Waals surface area contributed by atoms with Crippen LogP contribution in [0.15, 0.2) is 59.5 Å². The molecule has 0 amide bonds. The molecule has 0 radical (unpaired) electrons. The molecule has 3 aromatic carbocycles. The maximum absolute atomic E-state index is 13.2. The van der Waals surface area contributed by atoms with Gasteiger partial charge in [0.05, 0.1) is 15.6 Å². The minimum Gasteiger partial charge on any atom is -0.370 e. The van der Waals surface area contributed by atoms with Gasteiger partial charge in [0, 0.05) is 36.1 Å². The summed E-state index contributed by atoms with van der Waals surface area (Å²) in [6.07, 6.45) is 1.06. The molecule has 1 aliphatic rings. The number of hydrogen-bond acceptors (Lipinski definition) is 4. The van der Waals surface area contributed by atoms with Gasteiger partial charge in [-0.2, -0.15) is 0 Å². The molecule has 2 N–H and O–H groups in total. The number of aryl methyl sites for hydroxylation is 1. The zero-order valence-corrected chi connectivity index (χ0v) is 17.9. The van der Waals surface area contributed by atoms with E-state index in [4.69, 9.17) is 11.6 Å². The summed E-state index contributed by atoms with van der Waals surface area (Å²) in [5, 5.41) is 5.42. The number of anilines is 2. The van der Waals surface area contributed by atoms with Crippen molar-refractivity contribution in [3.8, 4) is 0 Å². The fraction of sp³-hybridized carbons (Fsp3) is 0.273. The second-order valence-corrected chi connectivity index (χ2v) is 9.37. The normalized spacial score (nSPS) is 15.3. The Labute approximate surface area is 176 Å². The Morgan fingerprint density at radius 2 is 1.79 bits per heavy atom. The number of rotatable bonds is 4. The van der Waals surface area contributed by atoms with Gasteiger partial charge in [-0.3, -0.25) is 4.72 Å². The number of halogens is 1. The summed E-state index contributed by atoms with van der Waals surface area (Å²) in [5.41, 5.74) is 2.39. The third-order valence-electron chi connectivity index (χ3n) is 5.20. The molecular weight excluding hydrogens is 406 g/mol. The first-order valence-corrected chi connectivity index (χ1v) is 11.6. The Bertz CT molecular complexity index is 1140. The summed E-state index contributed by atoms with van der Waals surface area (Å²) in [6.45, 7) is 5.66. The van der Waals surface area contributed by atoms with Crippen molar-refractivity contribution in [2.45, 2.75) is 18.2 Å². The van der Waals surface area contributed by atoms with Gasteiger partial charge < -0.3 is 10.2 Å². The van der Waals surface area contributed by atoms with E-state index in [1.54, 1.807) is 18.2 Å². The highest BCUT2D eigenvalue weighted by Gasteiger charge is 2.21. The highest BCUT2D eigenvalue weighted by Crippen LogP contribution is 2.34. The summed E-state index contributed by atoms with van der Waals surface area (Å²) in [7, 11) is -3.80. The van der Waals surface area contributed by atoms with Crippen molar-refractivity contribution in [1.29, 1.82) is 0 Å². The lowest BCUT2D eigenvalue weighted by atomic mass is 10.1. The van der Waals surface area contributed by atoms with E-state index in [1.807, 2.05) is 43.3 Å². The predicted molar refractivity (Wildman–Crippen MR) is 121 cm³/mol. The molecule has 29 heavy (non-hydrogen) atoms. The molecule has 0 unspecified atom stereocenters. The number of hydrogen-bond donors (Lipinski definition) is 2. The van der Waals surface area contributed by atoms with Crippen LogP contribution in [-0.2, 0) is 10.0 Å². The fourth-order valence-corrected chi connectivity index (χ4v) is 5.27. The van der Waals surface area contributed by atoms with Crippen molar-refractivity contribution in [3.63, 3.8) is 0 Å². The lowest BCUT2D eigenvalue weighted by Gasteiger charge is -2.25. The van der Waals surface area contributed by atoms with Gasteiger partial charge in [0.2, 0.25) is 0 Å². The van der Waals surface area contributed by atoms with Crippen LogP contribution in [0, 0.1) is 6.92 Å². The average Bonchev–Trinajstić information content (AvgIpc) is 2.99. The topological polar surface area (TPSA) is 61.4 Å². The molecule has 152 valence electrons. The van der Waals surface area contributed by atoms with E-state index in [2.05, 4.69) is 14.9 Å². The highest BCUT2D eigenvalue weighted by molar-refractivity contribution is 7.93. The first kappa shape index (κ1) is 20.0.